The number of hydrogen-bond acceptors (Lipinski definition) is 4. The molecule has 3 rings (SSSR count). The maximum absolute atomic E-state index is 12.8. The molecule has 0 amide bonds. The minimum absolute atomic E-state index is 0.140. The van der Waals surface area contributed by atoms with Crippen molar-refractivity contribution in [2.45, 2.75) is 32.5 Å². The van der Waals surface area contributed by atoms with Crippen LogP contribution in [0.3, 0.4) is 0 Å². The number of aryl methyl sites for hydroxylation is 3. The van der Waals surface area contributed by atoms with Crippen LogP contribution in [-0.2, 0) is 11.3 Å². The summed E-state index contributed by atoms with van der Waals surface area (Å²) in [4.78, 5) is 17.5. The van der Waals surface area contributed by atoms with E-state index in [1.54, 1.807) is 7.11 Å². The molecule has 26 heavy (non-hydrogen) atoms. The lowest BCUT2D eigenvalue weighted by Gasteiger charge is -2.10. The Labute approximate surface area is 158 Å². The van der Waals surface area contributed by atoms with Crippen LogP contribution in [0, 0.1) is 20.8 Å². The Morgan fingerprint density at radius 3 is 2.62 bits per heavy atom. The Morgan fingerprint density at radius 1 is 1.12 bits per heavy atom. The van der Waals surface area contributed by atoms with Gasteiger partial charge in [-0.05, 0) is 55.7 Å². The lowest BCUT2D eigenvalue weighted by atomic mass is 9.99. The Balaban J connectivity index is 1.83. The number of carbonyl (C=O) groups excluding carboxylic acids is 1. The normalized spacial score (nSPS) is 11.2. The number of thioether (sulfide) groups is 1. The zero-order valence-electron chi connectivity index (χ0n) is 15.7. The summed E-state index contributed by atoms with van der Waals surface area (Å²) in [5, 5.41) is 0.859. The molecule has 0 saturated carbocycles. The molecule has 4 nitrogen and oxygen atoms in total. The van der Waals surface area contributed by atoms with Crippen molar-refractivity contribution in [2.24, 2.45) is 0 Å². The van der Waals surface area contributed by atoms with Crippen LogP contribution in [0.15, 0.2) is 41.6 Å². The van der Waals surface area contributed by atoms with Gasteiger partial charge in [-0.3, -0.25) is 4.79 Å². The molecule has 0 radical (unpaired) electrons. The zero-order valence-corrected chi connectivity index (χ0v) is 16.5. The number of imidazole rings is 1. The smallest absolute Gasteiger partial charge is 0.173 e. The second-order valence-electron chi connectivity index (χ2n) is 6.49. The van der Waals surface area contributed by atoms with Crippen LogP contribution in [0.1, 0.15) is 27.0 Å². The van der Waals surface area contributed by atoms with Crippen molar-refractivity contribution in [3.8, 4) is 0 Å². The van der Waals surface area contributed by atoms with Crippen molar-refractivity contribution in [3.63, 3.8) is 0 Å². The fourth-order valence-corrected chi connectivity index (χ4v) is 3.96. The van der Waals surface area contributed by atoms with Crippen molar-refractivity contribution in [1.82, 2.24) is 9.55 Å². The lowest BCUT2D eigenvalue weighted by Crippen LogP contribution is -2.09. The highest BCUT2D eigenvalue weighted by Gasteiger charge is 2.15. The van der Waals surface area contributed by atoms with Gasteiger partial charge in [0.1, 0.15) is 0 Å². The van der Waals surface area contributed by atoms with Gasteiger partial charge in [-0.15, -0.1) is 0 Å². The summed E-state index contributed by atoms with van der Waals surface area (Å²) in [6.07, 6.45) is 0. The van der Waals surface area contributed by atoms with Gasteiger partial charge in [0, 0.05) is 19.2 Å². The Kier molecular flexibility index (Phi) is 5.79. The molecule has 3 aromatic rings. The number of benzene rings is 2. The predicted molar refractivity (Wildman–Crippen MR) is 107 cm³/mol. The molecule has 0 spiro atoms. The van der Waals surface area contributed by atoms with Gasteiger partial charge in [-0.2, -0.15) is 0 Å². The summed E-state index contributed by atoms with van der Waals surface area (Å²) >= 11 is 1.49. The van der Waals surface area contributed by atoms with E-state index in [1.807, 2.05) is 38.1 Å². The molecule has 1 aromatic heterocycles. The number of ether oxygens (including phenoxy) is 1. The van der Waals surface area contributed by atoms with Crippen molar-refractivity contribution >= 4 is 28.6 Å². The highest BCUT2D eigenvalue weighted by atomic mass is 32.2. The van der Waals surface area contributed by atoms with E-state index in [0.717, 1.165) is 39.4 Å². The standard InChI is InChI=1S/C21H24N2O2S/c1-14-11-16(3)17(12-15(14)2)20(24)13-26-21-22-18-7-5-6-8-19(18)23(21)9-10-25-4/h5-8,11-12H,9-10,13H2,1-4H3. The number of nitrogens with zero attached hydrogens (tertiary/aromatic N) is 2. The SMILES string of the molecule is COCCn1c(SCC(=O)c2cc(C)c(C)cc2C)nc2ccccc21. The zero-order chi connectivity index (χ0) is 18.7. The van der Waals surface area contributed by atoms with Gasteiger partial charge in [0.25, 0.3) is 0 Å². The van der Waals surface area contributed by atoms with E-state index >= 15 is 0 Å². The summed E-state index contributed by atoms with van der Waals surface area (Å²) in [7, 11) is 1.69. The minimum atomic E-state index is 0.140. The summed E-state index contributed by atoms with van der Waals surface area (Å²) in [6, 6.07) is 12.1. The van der Waals surface area contributed by atoms with E-state index < -0.39 is 0 Å². The second kappa shape index (κ2) is 8.06. The maximum Gasteiger partial charge on any atom is 0.173 e. The molecule has 1 heterocycles. The van der Waals surface area contributed by atoms with E-state index in [0.29, 0.717) is 12.4 Å². The number of carbonyl (C=O) groups is 1. The molecule has 0 saturated heterocycles. The van der Waals surface area contributed by atoms with Crippen LogP contribution in [-0.4, -0.2) is 34.8 Å². The largest absolute Gasteiger partial charge is 0.383 e. The van der Waals surface area contributed by atoms with Crippen molar-refractivity contribution < 1.29 is 9.53 Å². The molecule has 0 N–H and O–H groups in total. The fraction of sp³-hybridized carbons (Fsp3) is 0.333. The number of rotatable bonds is 7. The number of fused-ring (bicyclic) bond motifs is 1. The van der Waals surface area contributed by atoms with Gasteiger partial charge in [-0.25, -0.2) is 4.98 Å². The van der Waals surface area contributed by atoms with E-state index in [4.69, 9.17) is 9.72 Å². The summed E-state index contributed by atoms with van der Waals surface area (Å²) in [5.41, 5.74) is 6.22. The van der Waals surface area contributed by atoms with Crippen LogP contribution < -0.4 is 0 Å². The molecule has 136 valence electrons. The van der Waals surface area contributed by atoms with Gasteiger partial charge in [0.2, 0.25) is 0 Å². The number of ketones is 1. The molecule has 5 heteroatoms. The molecule has 0 aliphatic carbocycles. The van der Waals surface area contributed by atoms with Gasteiger partial charge in [0.15, 0.2) is 10.9 Å². The number of methoxy groups -OCH3 is 1. The summed E-state index contributed by atoms with van der Waals surface area (Å²) in [6.45, 7) is 7.44. The van der Waals surface area contributed by atoms with E-state index in [9.17, 15) is 4.79 Å². The lowest BCUT2D eigenvalue weighted by molar-refractivity contribution is 0.102. The predicted octanol–water partition coefficient (Wildman–Crippen LogP) is 4.58. The van der Waals surface area contributed by atoms with Crippen LogP contribution in [0.25, 0.3) is 11.0 Å². The molecule has 0 aliphatic rings. The molecular weight excluding hydrogens is 344 g/mol. The number of hydrogen-bond donors (Lipinski definition) is 0. The van der Waals surface area contributed by atoms with E-state index in [1.165, 1.54) is 17.3 Å². The first-order valence-electron chi connectivity index (χ1n) is 8.69. The molecule has 0 unspecified atom stereocenters. The Morgan fingerprint density at radius 2 is 1.85 bits per heavy atom. The minimum Gasteiger partial charge on any atom is -0.383 e. The third-order valence-electron chi connectivity index (χ3n) is 4.61. The molecule has 0 aliphatic heterocycles. The van der Waals surface area contributed by atoms with Crippen LogP contribution >= 0.6 is 11.8 Å². The number of aromatic nitrogens is 2. The number of Topliss-reactive ketones (excluding diaryl/α,β-unsaturated/α-hetero) is 1. The average molecular weight is 369 g/mol. The second-order valence-corrected chi connectivity index (χ2v) is 7.43. The first-order valence-corrected chi connectivity index (χ1v) is 9.68. The summed E-state index contributed by atoms with van der Waals surface area (Å²) < 4.78 is 7.36. The average Bonchev–Trinajstić information content (AvgIpc) is 2.98. The van der Waals surface area contributed by atoms with Crippen molar-refractivity contribution in [3.05, 3.63) is 58.7 Å². The molecule has 2 aromatic carbocycles. The summed E-state index contributed by atoms with van der Waals surface area (Å²) in [5.74, 6) is 0.514. The van der Waals surface area contributed by atoms with Crippen molar-refractivity contribution in [1.29, 1.82) is 0 Å². The van der Waals surface area contributed by atoms with Crippen LogP contribution in [0.4, 0.5) is 0 Å². The van der Waals surface area contributed by atoms with E-state index in [-0.39, 0.29) is 5.78 Å². The highest BCUT2D eigenvalue weighted by molar-refractivity contribution is 7.99. The maximum atomic E-state index is 12.8. The monoisotopic (exact) mass is 368 g/mol. The Hall–Kier alpha value is -2.11. The number of para-hydroxylation sites is 2. The van der Waals surface area contributed by atoms with Gasteiger partial charge >= 0.3 is 0 Å². The topological polar surface area (TPSA) is 44.1 Å². The Bertz CT molecular complexity index is 947. The highest BCUT2D eigenvalue weighted by Crippen LogP contribution is 2.25. The molecule has 0 bridgehead atoms. The van der Waals surface area contributed by atoms with Gasteiger partial charge < -0.3 is 9.30 Å². The molecular formula is C21H24N2O2S. The first-order chi connectivity index (χ1) is 12.5. The fourth-order valence-electron chi connectivity index (χ4n) is 3.03. The molecule has 0 fully saturated rings. The van der Waals surface area contributed by atoms with Crippen LogP contribution in [0.5, 0.6) is 0 Å². The molecule has 0 atom stereocenters. The quantitative estimate of drug-likeness (QED) is 0.452. The van der Waals surface area contributed by atoms with Gasteiger partial charge in [-0.1, -0.05) is 30.0 Å². The van der Waals surface area contributed by atoms with Crippen molar-refractivity contribution in [2.75, 3.05) is 19.5 Å². The first kappa shape index (κ1) is 18.7. The van der Waals surface area contributed by atoms with E-state index in [2.05, 4.69) is 23.6 Å². The third kappa shape index (κ3) is 3.84. The van der Waals surface area contributed by atoms with Gasteiger partial charge in [0.05, 0.1) is 23.4 Å². The third-order valence-corrected chi connectivity index (χ3v) is 5.59. The van der Waals surface area contributed by atoms with Crippen LogP contribution in [0.2, 0.25) is 0 Å².